The monoisotopic (exact) mass is 348 g/mol. The van der Waals surface area contributed by atoms with E-state index in [9.17, 15) is 0 Å². The SMILES string of the molecule is COc1ccc(CCC(Cc2ccc(Br)cc2)NN)cc1. The van der Waals surface area contributed by atoms with E-state index < -0.39 is 0 Å². The normalized spacial score (nSPS) is 12.1. The van der Waals surface area contributed by atoms with Crippen LogP contribution >= 0.6 is 15.9 Å². The molecule has 0 saturated heterocycles. The fourth-order valence-corrected chi connectivity index (χ4v) is 2.55. The van der Waals surface area contributed by atoms with Gasteiger partial charge in [-0.1, -0.05) is 40.2 Å². The van der Waals surface area contributed by atoms with Gasteiger partial charge in [-0.2, -0.15) is 0 Å². The average molecular weight is 349 g/mol. The Morgan fingerprint density at radius 3 is 2.24 bits per heavy atom. The first kappa shape index (κ1) is 16.0. The van der Waals surface area contributed by atoms with Crippen LogP contribution in [0.4, 0.5) is 0 Å². The Hall–Kier alpha value is -1.36. The lowest BCUT2D eigenvalue weighted by atomic mass is 9.99. The lowest BCUT2D eigenvalue weighted by molar-refractivity contribution is 0.414. The molecule has 0 fully saturated rings. The maximum absolute atomic E-state index is 5.68. The molecule has 0 aromatic heterocycles. The number of hydrazine groups is 1. The van der Waals surface area contributed by atoms with Gasteiger partial charge in [-0.15, -0.1) is 0 Å². The van der Waals surface area contributed by atoms with Gasteiger partial charge < -0.3 is 4.74 Å². The Balaban J connectivity index is 1.88. The molecule has 0 bridgehead atoms. The molecule has 0 heterocycles. The largest absolute Gasteiger partial charge is 0.497 e. The summed E-state index contributed by atoms with van der Waals surface area (Å²) in [6, 6.07) is 16.8. The van der Waals surface area contributed by atoms with Gasteiger partial charge in [-0.05, 0) is 54.7 Å². The number of rotatable bonds is 7. The van der Waals surface area contributed by atoms with Gasteiger partial charge in [0.15, 0.2) is 0 Å². The zero-order valence-corrected chi connectivity index (χ0v) is 13.8. The summed E-state index contributed by atoms with van der Waals surface area (Å²) in [7, 11) is 1.68. The summed E-state index contributed by atoms with van der Waals surface area (Å²) in [5, 5.41) is 0. The first-order chi connectivity index (χ1) is 10.2. The fourth-order valence-electron chi connectivity index (χ4n) is 2.28. The van der Waals surface area contributed by atoms with Crippen LogP contribution in [0.1, 0.15) is 17.5 Å². The summed E-state index contributed by atoms with van der Waals surface area (Å²) < 4.78 is 6.27. The molecule has 0 saturated carbocycles. The Bertz CT molecular complexity index is 540. The van der Waals surface area contributed by atoms with E-state index in [4.69, 9.17) is 10.6 Å². The summed E-state index contributed by atoms with van der Waals surface area (Å²) >= 11 is 3.45. The van der Waals surface area contributed by atoms with Gasteiger partial charge in [0.2, 0.25) is 0 Å². The number of aryl methyl sites for hydroxylation is 1. The van der Waals surface area contributed by atoms with Crippen molar-refractivity contribution in [2.75, 3.05) is 7.11 Å². The molecule has 3 nitrogen and oxygen atoms in total. The van der Waals surface area contributed by atoms with Crippen molar-refractivity contribution in [3.05, 3.63) is 64.1 Å². The van der Waals surface area contributed by atoms with E-state index in [0.717, 1.165) is 29.5 Å². The Labute approximate surface area is 134 Å². The number of halogens is 1. The molecule has 112 valence electrons. The molecule has 2 aromatic rings. The van der Waals surface area contributed by atoms with Crippen LogP contribution in [0.3, 0.4) is 0 Å². The molecule has 1 unspecified atom stereocenters. The van der Waals surface area contributed by atoms with Crippen molar-refractivity contribution < 1.29 is 4.74 Å². The van der Waals surface area contributed by atoms with Crippen LogP contribution in [0.2, 0.25) is 0 Å². The summed E-state index contributed by atoms with van der Waals surface area (Å²) in [4.78, 5) is 0. The molecular weight excluding hydrogens is 328 g/mol. The van der Waals surface area contributed by atoms with Crippen molar-refractivity contribution >= 4 is 15.9 Å². The third-order valence-corrected chi connectivity index (χ3v) is 4.10. The highest BCUT2D eigenvalue weighted by molar-refractivity contribution is 9.10. The van der Waals surface area contributed by atoms with Crippen molar-refractivity contribution in [2.45, 2.75) is 25.3 Å². The highest BCUT2D eigenvalue weighted by Crippen LogP contribution is 2.16. The molecule has 0 aliphatic heterocycles. The molecule has 0 amide bonds. The fraction of sp³-hybridized carbons (Fsp3) is 0.294. The topological polar surface area (TPSA) is 47.3 Å². The molecule has 4 heteroatoms. The minimum atomic E-state index is 0.272. The second-order valence-electron chi connectivity index (χ2n) is 5.08. The van der Waals surface area contributed by atoms with Gasteiger partial charge in [-0.3, -0.25) is 11.3 Å². The summed E-state index contributed by atoms with van der Waals surface area (Å²) in [6.07, 6.45) is 2.92. The summed E-state index contributed by atoms with van der Waals surface area (Å²) in [6.45, 7) is 0. The molecule has 2 aromatic carbocycles. The minimum Gasteiger partial charge on any atom is -0.497 e. The van der Waals surface area contributed by atoms with Crippen molar-refractivity contribution in [1.82, 2.24) is 5.43 Å². The molecular formula is C17H21BrN2O. The number of nitrogens with two attached hydrogens (primary N) is 1. The third-order valence-electron chi connectivity index (χ3n) is 3.57. The predicted octanol–water partition coefficient (Wildman–Crippen LogP) is 3.46. The van der Waals surface area contributed by atoms with Gasteiger partial charge >= 0.3 is 0 Å². The van der Waals surface area contributed by atoms with Crippen LogP contribution in [0.25, 0.3) is 0 Å². The van der Waals surface area contributed by atoms with Gasteiger partial charge in [0.25, 0.3) is 0 Å². The number of methoxy groups -OCH3 is 1. The third kappa shape index (κ3) is 5.16. The van der Waals surface area contributed by atoms with E-state index in [2.05, 4.69) is 57.8 Å². The lowest BCUT2D eigenvalue weighted by Crippen LogP contribution is -2.37. The molecule has 0 spiro atoms. The molecule has 1 atom stereocenters. The summed E-state index contributed by atoms with van der Waals surface area (Å²) in [5.74, 6) is 6.57. The highest BCUT2D eigenvalue weighted by atomic mass is 79.9. The summed E-state index contributed by atoms with van der Waals surface area (Å²) in [5.41, 5.74) is 5.51. The van der Waals surface area contributed by atoms with Crippen LogP contribution in [0, 0.1) is 0 Å². The van der Waals surface area contributed by atoms with E-state index >= 15 is 0 Å². The average Bonchev–Trinajstić information content (AvgIpc) is 2.53. The van der Waals surface area contributed by atoms with E-state index in [1.165, 1.54) is 11.1 Å². The van der Waals surface area contributed by atoms with Crippen molar-refractivity contribution in [3.63, 3.8) is 0 Å². The number of hydrogen-bond donors (Lipinski definition) is 2. The van der Waals surface area contributed by atoms with Crippen molar-refractivity contribution in [3.8, 4) is 5.75 Å². The molecule has 3 N–H and O–H groups in total. The molecule has 0 aliphatic carbocycles. The minimum absolute atomic E-state index is 0.272. The van der Waals surface area contributed by atoms with Crippen LogP contribution < -0.4 is 16.0 Å². The van der Waals surface area contributed by atoms with Crippen LogP contribution in [-0.4, -0.2) is 13.2 Å². The van der Waals surface area contributed by atoms with Gasteiger partial charge in [0.1, 0.15) is 5.75 Å². The first-order valence-electron chi connectivity index (χ1n) is 7.05. The van der Waals surface area contributed by atoms with Gasteiger partial charge in [-0.25, -0.2) is 0 Å². The molecule has 2 rings (SSSR count). The Morgan fingerprint density at radius 1 is 1.05 bits per heavy atom. The van der Waals surface area contributed by atoms with Gasteiger partial charge in [0.05, 0.1) is 7.11 Å². The maximum Gasteiger partial charge on any atom is 0.118 e. The zero-order valence-electron chi connectivity index (χ0n) is 12.2. The standard InChI is InChI=1S/C17H21BrN2O/c1-21-17-10-5-13(6-11-17)4-9-16(20-19)12-14-2-7-15(18)8-3-14/h2-3,5-8,10-11,16,20H,4,9,12,19H2,1H3. The number of benzene rings is 2. The van der Waals surface area contributed by atoms with Crippen molar-refractivity contribution in [2.24, 2.45) is 5.84 Å². The quantitative estimate of drug-likeness (QED) is 0.594. The highest BCUT2D eigenvalue weighted by Gasteiger charge is 2.08. The smallest absolute Gasteiger partial charge is 0.118 e. The number of hydrogen-bond acceptors (Lipinski definition) is 3. The predicted molar refractivity (Wildman–Crippen MR) is 90.3 cm³/mol. The zero-order chi connectivity index (χ0) is 15.1. The molecule has 0 aliphatic rings. The van der Waals surface area contributed by atoms with Crippen LogP contribution in [0.15, 0.2) is 53.0 Å². The Morgan fingerprint density at radius 2 is 1.67 bits per heavy atom. The number of nitrogens with one attached hydrogen (secondary N) is 1. The van der Waals surface area contributed by atoms with E-state index in [-0.39, 0.29) is 6.04 Å². The molecule has 0 radical (unpaired) electrons. The second kappa shape index (κ2) is 8.17. The van der Waals surface area contributed by atoms with Crippen molar-refractivity contribution in [1.29, 1.82) is 0 Å². The van der Waals surface area contributed by atoms with E-state index in [0.29, 0.717) is 0 Å². The first-order valence-corrected chi connectivity index (χ1v) is 7.84. The number of ether oxygens (including phenoxy) is 1. The maximum atomic E-state index is 5.68. The second-order valence-corrected chi connectivity index (χ2v) is 6.00. The van der Waals surface area contributed by atoms with E-state index in [1.54, 1.807) is 7.11 Å². The molecule has 21 heavy (non-hydrogen) atoms. The van der Waals surface area contributed by atoms with Gasteiger partial charge in [0, 0.05) is 10.5 Å². The van der Waals surface area contributed by atoms with E-state index in [1.807, 2.05) is 12.1 Å². The van der Waals surface area contributed by atoms with Crippen LogP contribution in [-0.2, 0) is 12.8 Å². The van der Waals surface area contributed by atoms with Crippen LogP contribution in [0.5, 0.6) is 5.75 Å². The Kier molecular flexibility index (Phi) is 6.23. The lowest BCUT2D eigenvalue weighted by Gasteiger charge is -2.16.